The smallest absolute Gasteiger partial charge is 0.187 e. The molecule has 1 N–H and O–H groups in total. The van der Waals surface area contributed by atoms with Gasteiger partial charge in [-0.2, -0.15) is 0 Å². The number of rotatable bonds is 6. The molecule has 1 aliphatic rings. The van der Waals surface area contributed by atoms with Gasteiger partial charge in [-0.1, -0.05) is 29.8 Å². The van der Waals surface area contributed by atoms with Crippen molar-refractivity contribution in [3.05, 3.63) is 58.1 Å². The molecule has 1 aliphatic heterocycles. The van der Waals surface area contributed by atoms with Crippen LogP contribution < -0.4 is 10.1 Å². The Bertz CT molecular complexity index is 1130. The van der Waals surface area contributed by atoms with Gasteiger partial charge < -0.3 is 10.1 Å². The van der Waals surface area contributed by atoms with Crippen LogP contribution in [0.3, 0.4) is 0 Å². The zero-order valence-electron chi connectivity index (χ0n) is 16.5. The van der Waals surface area contributed by atoms with Gasteiger partial charge >= 0.3 is 0 Å². The lowest BCUT2D eigenvalue weighted by atomic mass is 10.1. The van der Waals surface area contributed by atoms with Crippen molar-refractivity contribution in [3.63, 3.8) is 0 Å². The fraction of sp³-hybridized carbons (Fsp3) is 0.400. The highest BCUT2D eigenvalue weighted by Crippen LogP contribution is 2.34. The van der Waals surface area contributed by atoms with Crippen LogP contribution in [0.4, 0.5) is 0 Å². The summed E-state index contributed by atoms with van der Waals surface area (Å²) in [7, 11) is -6.05. The summed E-state index contributed by atoms with van der Waals surface area (Å²) >= 11 is 6.17. The molecule has 29 heavy (non-hydrogen) atoms. The van der Waals surface area contributed by atoms with Crippen molar-refractivity contribution < 1.29 is 21.6 Å². The summed E-state index contributed by atoms with van der Waals surface area (Å²) in [5.74, 6) is -0.442. The van der Waals surface area contributed by atoms with Gasteiger partial charge in [-0.15, -0.1) is 0 Å². The summed E-state index contributed by atoms with van der Waals surface area (Å²) in [4.78, 5) is 0.0229. The molecule has 0 unspecified atom stereocenters. The van der Waals surface area contributed by atoms with Gasteiger partial charge in [-0.3, -0.25) is 0 Å². The second-order valence-corrected chi connectivity index (χ2v) is 12.0. The Morgan fingerprint density at radius 2 is 1.79 bits per heavy atom. The van der Waals surface area contributed by atoms with Crippen molar-refractivity contribution >= 4 is 31.3 Å². The summed E-state index contributed by atoms with van der Waals surface area (Å²) < 4.78 is 56.8. The topological polar surface area (TPSA) is 89.5 Å². The number of benzene rings is 2. The minimum absolute atomic E-state index is 0.0229. The fourth-order valence-corrected chi connectivity index (χ4v) is 8.65. The van der Waals surface area contributed by atoms with Crippen molar-refractivity contribution in [1.82, 2.24) is 5.32 Å². The molecule has 2 atom stereocenters. The van der Waals surface area contributed by atoms with Crippen molar-refractivity contribution in [2.45, 2.75) is 36.6 Å². The summed E-state index contributed by atoms with van der Waals surface area (Å²) in [5, 5.41) is 2.53. The second kappa shape index (κ2) is 8.26. The minimum atomic E-state index is -3.96. The van der Waals surface area contributed by atoms with Crippen LogP contribution in [0.2, 0.25) is 5.02 Å². The molecule has 1 fully saturated rings. The molecule has 0 radical (unpaired) electrons. The average Bonchev–Trinajstić information content (AvgIpc) is 2.98. The van der Waals surface area contributed by atoms with E-state index in [0.29, 0.717) is 5.02 Å². The van der Waals surface area contributed by atoms with Crippen molar-refractivity contribution in [1.29, 1.82) is 0 Å². The molecule has 2 aromatic carbocycles. The second-order valence-electron chi connectivity index (χ2n) is 7.33. The van der Waals surface area contributed by atoms with Crippen LogP contribution >= 0.6 is 11.6 Å². The predicted octanol–water partition coefficient (Wildman–Crippen LogP) is 2.69. The number of halogens is 1. The molecule has 0 aromatic heterocycles. The number of ether oxygens (including phenoxy) is 1. The van der Waals surface area contributed by atoms with E-state index in [2.05, 4.69) is 5.32 Å². The number of nitrogens with one attached hydrogen (secondary N) is 1. The molecule has 6 nitrogen and oxygen atoms in total. The summed E-state index contributed by atoms with van der Waals surface area (Å²) in [6, 6.07) is 9.64. The van der Waals surface area contributed by atoms with Crippen LogP contribution in [-0.2, 0) is 26.2 Å². The number of methoxy groups -OCH3 is 1. The minimum Gasteiger partial charge on any atom is -0.495 e. The number of sulfone groups is 2. The quantitative estimate of drug-likeness (QED) is 0.717. The van der Waals surface area contributed by atoms with Gasteiger partial charge in [0.1, 0.15) is 10.6 Å². The molecule has 0 spiro atoms. The van der Waals surface area contributed by atoms with Crippen LogP contribution in [0.1, 0.15) is 16.7 Å². The van der Waals surface area contributed by atoms with E-state index in [1.54, 1.807) is 24.3 Å². The third kappa shape index (κ3) is 4.60. The van der Waals surface area contributed by atoms with Crippen LogP contribution in [0.5, 0.6) is 5.75 Å². The van der Waals surface area contributed by atoms with Crippen molar-refractivity contribution in [2.24, 2.45) is 0 Å². The summed E-state index contributed by atoms with van der Waals surface area (Å²) in [5.41, 5.74) is 2.47. The molecule has 0 aliphatic carbocycles. The summed E-state index contributed by atoms with van der Waals surface area (Å²) in [6.07, 6.45) is 0. The molecular formula is C20H24ClNO5S2. The van der Waals surface area contributed by atoms with E-state index in [4.69, 9.17) is 16.3 Å². The van der Waals surface area contributed by atoms with Gasteiger partial charge in [0, 0.05) is 17.6 Å². The zero-order chi connectivity index (χ0) is 21.4. The molecule has 0 bridgehead atoms. The third-order valence-corrected chi connectivity index (χ3v) is 9.84. The van der Waals surface area contributed by atoms with Crippen molar-refractivity contribution in [2.75, 3.05) is 18.6 Å². The fourth-order valence-electron chi connectivity index (χ4n) is 3.50. The van der Waals surface area contributed by atoms with Crippen LogP contribution in [0.25, 0.3) is 0 Å². The Morgan fingerprint density at radius 3 is 2.45 bits per heavy atom. The molecule has 158 valence electrons. The average molecular weight is 458 g/mol. The van der Waals surface area contributed by atoms with Gasteiger partial charge in [0.05, 0.1) is 23.9 Å². The zero-order valence-corrected chi connectivity index (χ0v) is 18.9. The van der Waals surface area contributed by atoms with Crippen molar-refractivity contribution in [3.8, 4) is 5.75 Å². The first-order valence-corrected chi connectivity index (χ1v) is 12.9. The van der Waals surface area contributed by atoms with Crippen LogP contribution in [-0.4, -0.2) is 46.7 Å². The Hall–Kier alpha value is -1.61. The van der Waals surface area contributed by atoms with E-state index in [1.807, 2.05) is 26.0 Å². The maximum Gasteiger partial charge on any atom is 0.187 e. The lowest BCUT2D eigenvalue weighted by Gasteiger charge is -2.22. The highest BCUT2D eigenvalue weighted by molar-refractivity contribution is 7.96. The van der Waals surface area contributed by atoms with Gasteiger partial charge in [0.15, 0.2) is 19.7 Å². The van der Waals surface area contributed by atoms with E-state index in [-0.39, 0.29) is 22.9 Å². The largest absolute Gasteiger partial charge is 0.495 e. The first kappa shape index (κ1) is 22.1. The van der Waals surface area contributed by atoms with Crippen LogP contribution in [0.15, 0.2) is 41.3 Å². The lowest BCUT2D eigenvalue weighted by Crippen LogP contribution is -2.43. The van der Waals surface area contributed by atoms with Gasteiger partial charge in [0.2, 0.25) is 0 Å². The SMILES string of the molecule is COc1cc(C)c(C)cc1S(=O)(=O)[C@H]1CS(=O)(=O)C[C@@H]1NCc1ccccc1Cl. The number of hydrogen-bond acceptors (Lipinski definition) is 6. The van der Waals surface area contributed by atoms with E-state index >= 15 is 0 Å². The molecular weight excluding hydrogens is 434 g/mol. The highest BCUT2D eigenvalue weighted by atomic mass is 35.5. The first-order valence-electron chi connectivity index (χ1n) is 9.11. The molecule has 2 aromatic rings. The Labute approximate surface area is 177 Å². The number of hydrogen-bond donors (Lipinski definition) is 1. The Kier molecular flexibility index (Phi) is 6.29. The van der Waals surface area contributed by atoms with E-state index < -0.39 is 36.7 Å². The van der Waals surface area contributed by atoms with Gasteiger partial charge in [-0.25, -0.2) is 16.8 Å². The monoisotopic (exact) mass is 457 g/mol. The molecule has 0 saturated carbocycles. The van der Waals surface area contributed by atoms with Gasteiger partial charge in [-0.05, 0) is 48.7 Å². The number of aryl methyl sites for hydroxylation is 2. The molecule has 0 amide bonds. The molecule has 1 saturated heterocycles. The van der Waals surface area contributed by atoms with Crippen LogP contribution in [0, 0.1) is 13.8 Å². The van der Waals surface area contributed by atoms with E-state index in [0.717, 1.165) is 16.7 Å². The highest BCUT2D eigenvalue weighted by Gasteiger charge is 2.46. The first-order chi connectivity index (χ1) is 13.5. The third-order valence-electron chi connectivity index (χ3n) is 5.30. The molecule has 3 rings (SSSR count). The summed E-state index contributed by atoms with van der Waals surface area (Å²) in [6.45, 7) is 3.95. The van der Waals surface area contributed by atoms with E-state index in [1.165, 1.54) is 7.11 Å². The Balaban J connectivity index is 1.96. The maximum atomic E-state index is 13.4. The molecule has 1 heterocycles. The lowest BCUT2D eigenvalue weighted by molar-refractivity contribution is 0.401. The maximum absolute atomic E-state index is 13.4. The predicted molar refractivity (Wildman–Crippen MR) is 114 cm³/mol. The van der Waals surface area contributed by atoms with E-state index in [9.17, 15) is 16.8 Å². The molecule has 9 heteroatoms. The Morgan fingerprint density at radius 1 is 1.14 bits per heavy atom. The van der Waals surface area contributed by atoms with Gasteiger partial charge in [0.25, 0.3) is 0 Å². The standard InChI is InChI=1S/C20H24ClNO5S2/c1-13-8-18(27-3)19(9-14(13)2)29(25,26)20-12-28(23,24)11-17(20)22-10-15-6-4-5-7-16(15)21/h4-9,17,20,22H,10-12H2,1-3H3/t17-,20-/m0/s1. The normalized spacial score (nSPS) is 21.2.